The van der Waals surface area contributed by atoms with Crippen LogP contribution in [-0.2, 0) is 32.3 Å². The lowest BCUT2D eigenvalue weighted by atomic mass is 9.56. The third-order valence-electron chi connectivity index (χ3n) is 15.1. The van der Waals surface area contributed by atoms with Crippen molar-refractivity contribution in [1.29, 1.82) is 0 Å². The van der Waals surface area contributed by atoms with Crippen LogP contribution in [0.25, 0.3) is 0 Å². The van der Waals surface area contributed by atoms with Gasteiger partial charge in [-0.15, -0.1) is 0 Å². The Kier molecular flexibility index (Phi) is 13.5. The number of ether oxygens (including phenoxy) is 4. The maximum Gasteiger partial charge on any atom is 0.310 e. The highest BCUT2D eigenvalue weighted by Crippen LogP contribution is 2.59. The molecule has 4 bridgehead atoms. The van der Waals surface area contributed by atoms with Gasteiger partial charge in [-0.1, -0.05) is 25.7 Å². The van der Waals surface area contributed by atoms with Crippen molar-refractivity contribution < 1.29 is 57.3 Å². The molecule has 4 saturated heterocycles. The quantitative estimate of drug-likeness (QED) is 0.0622. The highest BCUT2D eigenvalue weighted by atomic mass is 16.6. The van der Waals surface area contributed by atoms with Crippen LogP contribution in [0.3, 0.4) is 0 Å². The van der Waals surface area contributed by atoms with Gasteiger partial charge in [0.25, 0.3) is 0 Å². The molecule has 4 fully saturated rings. The van der Waals surface area contributed by atoms with Crippen LogP contribution in [-0.4, -0.2) is 95.5 Å². The molecule has 2 aromatic rings. The number of esters is 2. The lowest BCUT2D eigenvalue weighted by Gasteiger charge is -2.55. The van der Waals surface area contributed by atoms with Gasteiger partial charge in [-0.3, -0.25) is 19.2 Å². The van der Waals surface area contributed by atoms with E-state index in [0.29, 0.717) is 60.0 Å². The molecule has 4 aliphatic heterocycles. The van der Waals surface area contributed by atoms with Crippen LogP contribution in [0, 0.1) is 17.3 Å². The summed E-state index contributed by atoms with van der Waals surface area (Å²) in [5.74, 6) is -0.169. The van der Waals surface area contributed by atoms with Crippen molar-refractivity contribution in [3.8, 4) is 23.0 Å². The molecule has 4 heterocycles. The number of carbonyl (C=O) groups is 4. The second-order valence-corrected chi connectivity index (χ2v) is 18.3. The van der Waals surface area contributed by atoms with Crippen molar-refractivity contribution in [1.82, 2.24) is 0 Å². The molecular weight excluding hydrogens is 741 g/mol. The Balaban J connectivity index is 1.24. The van der Waals surface area contributed by atoms with Crippen LogP contribution in [0.5, 0.6) is 23.0 Å². The Bertz CT molecular complexity index is 1690. The number of hydrogen-bond donors (Lipinski definition) is 2. The number of methoxy groups -OCH3 is 2. The van der Waals surface area contributed by atoms with Gasteiger partial charge in [0.05, 0.1) is 57.9 Å². The van der Waals surface area contributed by atoms with Crippen molar-refractivity contribution in [3.05, 3.63) is 47.5 Å². The molecule has 0 amide bonds. The molecule has 4 unspecified atom stereocenters. The molecule has 6 rings (SSSR count). The standard InChI is InChI=1S/C46H64N2O10/c1-30(49)57-40-19-13-32(22-42(40)55-5)28-47(3)36-15-16-37(47)25-34(24-36)46(45(53)54,21-11-9-7-8-10-12-44(51)52)35-26-38-17-18-39(27-35)48(38,4)29-33-14-20-41(58-31(2)50)43(23-33)56-6/h13-14,19-20,22-23,34-39H,7-12,15-18,21,24-29H2,1-6H3/p+2/t34?,35?,36-,37+,38-,39+,46?,47?,48?. The van der Waals surface area contributed by atoms with Gasteiger partial charge in [0.2, 0.25) is 0 Å². The minimum Gasteiger partial charge on any atom is -0.493 e. The number of unbranched alkanes of at least 4 members (excludes halogenated alkanes) is 4. The second kappa shape index (κ2) is 18.0. The zero-order valence-electron chi connectivity index (χ0n) is 35.5. The van der Waals surface area contributed by atoms with Gasteiger partial charge >= 0.3 is 23.9 Å². The van der Waals surface area contributed by atoms with E-state index in [2.05, 4.69) is 14.1 Å². The first-order valence-electron chi connectivity index (χ1n) is 21.5. The Morgan fingerprint density at radius 2 is 1.02 bits per heavy atom. The molecule has 12 nitrogen and oxygen atoms in total. The van der Waals surface area contributed by atoms with Gasteiger partial charge in [0.15, 0.2) is 23.0 Å². The number of aliphatic carboxylic acids is 2. The molecular formula is C46H66N2O10+2. The number of benzene rings is 2. The average molecular weight is 807 g/mol. The van der Waals surface area contributed by atoms with E-state index in [-0.39, 0.29) is 18.3 Å². The lowest BCUT2D eigenvalue weighted by molar-refractivity contribution is -0.963. The number of quaternary nitrogens is 2. The molecule has 8 atom stereocenters. The zero-order valence-corrected chi connectivity index (χ0v) is 35.5. The Morgan fingerprint density at radius 3 is 1.38 bits per heavy atom. The number of fused-ring (bicyclic) bond motifs is 4. The summed E-state index contributed by atoms with van der Waals surface area (Å²) in [5, 5.41) is 20.8. The molecule has 0 radical (unpaired) electrons. The Labute approximate surface area is 344 Å². The van der Waals surface area contributed by atoms with E-state index in [9.17, 15) is 24.3 Å². The van der Waals surface area contributed by atoms with E-state index in [4.69, 9.17) is 24.1 Å². The largest absolute Gasteiger partial charge is 0.493 e. The molecule has 0 aliphatic carbocycles. The molecule has 0 spiro atoms. The SMILES string of the molecule is COc1cc(C[N+]2(C)[C@@H]3CC[C@H]2CC(C(CCCCCCCC(=O)O)(C(=O)O)C2C[C@H]4CC[C@@H](C2)[N+]4(C)Cc2ccc(OC(C)=O)c(OC)c2)C3)ccc1OC(C)=O. The molecule has 2 N–H and O–H groups in total. The van der Waals surface area contributed by atoms with Crippen molar-refractivity contribution in [2.75, 3.05) is 28.3 Å². The highest BCUT2D eigenvalue weighted by Gasteiger charge is 2.63. The highest BCUT2D eigenvalue weighted by molar-refractivity contribution is 5.76. The number of carbonyl (C=O) groups excluding carboxylic acids is 2. The first kappa shape index (κ1) is 43.4. The first-order valence-corrected chi connectivity index (χ1v) is 21.5. The number of rotatable bonds is 19. The summed E-state index contributed by atoms with van der Waals surface area (Å²) in [6, 6.07) is 13.0. The van der Waals surface area contributed by atoms with E-state index in [1.54, 1.807) is 14.2 Å². The second-order valence-electron chi connectivity index (χ2n) is 18.3. The summed E-state index contributed by atoms with van der Waals surface area (Å²) in [7, 11) is 7.86. The molecule has 0 aromatic heterocycles. The van der Waals surface area contributed by atoms with Crippen molar-refractivity contribution in [2.45, 2.75) is 147 Å². The van der Waals surface area contributed by atoms with Gasteiger partial charge < -0.3 is 38.1 Å². The summed E-state index contributed by atoms with van der Waals surface area (Å²) >= 11 is 0. The fraction of sp³-hybridized carbons (Fsp3) is 0.652. The third kappa shape index (κ3) is 8.88. The summed E-state index contributed by atoms with van der Waals surface area (Å²) in [4.78, 5) is 48.7. The topological polar surface area (TPSA) is 146 Å². The van der Waals surface area contributed by atoms with Crippen LogP contribution in [0.1, 0.15) is 121 Å². The summed E-state index contributed by atoms with van der Waals surface area (Å²) < 4.78 is 23.7. The van der Waals surface area contributed by atoms with Crippen molar-refractivity contribution in [2.24, 2.45) is 17.3 Å². The van der Waals surface area contributed by atoms with Crippen molar-refractivity contribution >= 4 is 23.9 Å². The van der Waals surface area contributed by atoms with E-state index in [1.807, 2.05) is 36.4 Å². The Morgan fingerprint density at radius 1 is 0.621 bits per heavy atom. The molecule has 58 heavy (non-hydrogen) atoms. The minimum atomic E-state index is -0.830. The van der Waals surface area contributed by atoms with Gasteiger partial charge in [0.1, 0.15) is 13.1 Å². The minimum absolute atomic E-state index is 0.0703. The normalized spacial score (nSPS) is 29.6. The van der Waals surface area contributed by atoms with Crippen LogP contribution >= 0.6 is 0 Å². The smallest absolute Gasteiger partial charge is 0.310 e. The molecule has 4 aliphatic rings. The first-order chi connectivity index (χ1) is 27.6. The molecule has 0 saturated carbocycles. The predicted octanol–water partition coefficient (Wildman–Crippen LogP) is 7.92. The number of carboxylic acids is 2. The summed E-state index contributed by atoms with van der Waals surface area (Å²) in [6.07, 6.45) is 12.8. The fourth-order valence-corrected chi connectivity index (χ4v) is 12.2. The van der Waals surface area contributed by atoms with Crippen LogP contribution < -0.4 is 18.9 Å². The monoisotopic (exact) mass is 806 g/mol. The Hall–Kier alpha value is -4.16. The van der Waals surface area contributed by atoms with Gasteiger partial charge in [0, 0.05) is 82.8 Å². The predicted molar refractivity (Wildman–Crippen MR) is 217 cm³/mol. The number of hydrogen-bond acceptors (Lipinski definition) is 8. The van der Waals surface area contributed by atoms with E-state index in [1.165, 1.54) is 13.8 Å². The van der Waals surface area contributed by atoms with Crippen LogP contribution in [0.15, 0.2) is 36.4 Å². The van der Waals surface area contributed by atoms with Gasteiger partial charge in [-0.2, -0.15) is 0 Å². The van der Waals surface area contributed by atoms with Gasteiger partial charge in [-0.25, -0.2) is 0 Å². The fourth-order valence-electron chi connectivity index (χ4n) is 12.2. The van der Waals surface area contributed by atoms with E-state index >= 15 is 0 Å². The summed E-state index contributed by atoms with van der Waals surface area (Å²) in [5.41, 5.74) is 1.39. The zero-order chi connectivity index (χ0) is 41.8. The molecule has 2 aromatic carbocycles. The van der Waals surface area contributed by atoms with Crippen molar-refractivity contribution in [3.63, 3.8) is 0 Å². The summed E-state index contributed by atoms with van der Waals surface area (Å²) in [6.45, 7) is 4.35. The lowest BCUT2D eigenvalue weighted by Crippen LogP contribution is -2.63. The number of piperidine rings is 2. The molecule has 12 heteroatoms. The van der Waals surface area contributed by atoms with E-state index in [0.717, 1.165) is 110 Å². The third-order valence-corrected chi connectivity index (χ3v) is 15.1. The number of nitrogens with zero attached hydrogens (tertiary/aromatic N) is 2. The average Bonchev–Trinajstić information content (AvgIpc) is 3.39. The maximum absolute atomic E-state index is 14.2. The van der Waals surface area contributed by atoms with Crippen LogP contribution in [0.2, 0.25) is 0 Å². The van der Waals surface area contributed by atoms with E-state index < -0.39 is 29.3 Å². The maximum atomic E-state index is 14.2. The van der Waals surface area contributed by atoms with Crippen LogP contribution in [0.4, 0.5) is 0 Å². The number of carboxylic acid groups (broad SMARTS) is 2. The van der Waals surface area contributed by atoms with Gasteiger partial charge in [-0.05, 0) is 61.1 Å². The molecule has 318 valence electrons.